The number of unbranched alkanes of at least 4 members (excludes halogenated alkanes) is 25. The molecule has 1 aliphatic carbocycles. The van der Waals surface area contributed by atoms with Crippen molar-refractivity contribution < 1.29 is 58.3 Å². The molecule has 0 heterocycles. The molecule has 386 valence electrons. The van der Waals surface area contributed by atoms with Crippen molar-refractivity contribution in [1.29, 1.82) is 0 Å². The Balaban J connectivity index is 2.33. The number of carbonyl (C=O) groups is 1. The normalized spacial score (nSPS) is 21.8. The Kier molecular flexibility index (Phi) is 40.9. The van der Waals surface area contributed by atoms with Crippen LogP contribution in [0.3, 0.4) is 0 Å². The number of phosphoric acid groups is 1. The van der Waals surface area contributed by atoms with Gasteiger partial charge >= 0.3 is 13.8 Å². The van der Waals surface area contributed by atoms with E-state index >= 15 is 0 Å². The number of aliphatic hydroxyl groups excluding tert-OH is 5. The van der Waals surface area contributed by atoms with Crippen LogP contribution in [0.5, 0.6) is 0 Å². The molecule has 6 N–H and O–H groups in total. The molecule has 6 atom stereocenters. The molecule has 12 nitrogen and oxygen atoms in total. The van der Waals surface area contributed by atoms with Gasteiger partial charge in [-0.25, -0.2) is 4.57 Å². The molecule has 0 aromatic rings. The van der Waals surface area contributed by atoms with E-state index in [1.165, 1.54) is 116 Å². The predicted octanol–water partition coefficient (Wildman–Crippen LogP) is 12.0. The van der Waals surface area contributed by atoms with E-state index in [4.69, 9.17) is 18.5 Å². The Hall–Kier alpha value is -1.70. The van der Waals surface area contributed by atoms with Crippen LogP contribution >= 0.6 is 7.82 Å². The van der Waals surface area contributed by atoms with E-state index < -0.39 is 63.1 Å². The van der Waals surface area contributed by atoms with Gasteiger partial charge in [-0.3, -0.25) is 13.8 Å². The number of phosphoric ester groups is 1. The second kappa shape index (κ2) is 43.3. The minimum atomic E-state index is -5.03. The van der Waals surface area contributed by atoms with Crippen LogP contribution in [0.2, 0.25) is 0 Å². The number of hydrogen-bond acceptors (Lipinski definition) is 11. The molecule has 0 bridgehead atoms. The van der Waals surface area contributed by atoms with Crippen LogP contribution in [0.1, 0.15) is 219 Å². The fraction of sp³-hybridized carbons (Fsp3) is 0.830. The van der Waals surface area contributed by atoms with E-state index in [2.05, 4.69) is 62.5 Å². The first-order valence-electron chi connectivity index (χ1n) is 26.5. The number of rotatable bonds is 45. The summed E-state index contributed by atoms with van der Waals surface area (Å²) < 4.78 is 34.3. The van der Waals surface area contributed by atoms with Crippen LogP contribution in [0.15, 0.2) is 48.6 Å². The summed E-state index contributed by atoms with van der Waals surface area (Å²) in [6.07, 6.45) is 41.7. The monoisotopic (exact) mass is 957 g/mol. The third-order valence-corrected chi connectivity index (χ3v) is 13.2. The molecule has 0 radical (unpaired) electrons. The van der Waals surface area contributed by atoms with Crippen molar-refractivity contribution in [3.8, 4) is 0 Å². The minimum Gasteiger partial charge on any atom is -0.457 e. The third kappa shape index (κ3) is 34.6. The molecule has 6 unspecified atom stereocenters. The van der Waals surface area contributed by atoms with Gasteiger partial charge in [-0.05, 0) is 51.4 Å². The van der Waals surface area contributed by atoms with Crippen molar-refractivity contribution >= 4 is 13.8 Å². The topological polar surface area (TPSA) is 192 Å². The van der Waals surface area contributed by atoms with E-state index in [1.807, 2.05) is 0 Å². The molecule has 0 spiro atoms. The summed E-state index contributed by atoms with van der Waals surface area (Å²) in [6.45, 7) is 4.16. The molecular formula is C53H97O12P. The first kappa shape index (κ1) is 62.3. The number of allylic oxidation sites excluding steroid dienone is 8. The molecule has 13 heteroatoms. The summed E-state index contributed by atoms with van der Waals surface area (Å²) in [4.78, 5) is 23.3. The summed E-state index contributed by atoms with van der Waals surface area (Å²) in [5.74, 6) is -0.479. The predicted molar refractivity (Wildman–Crippen MR) is 267 cm³/mol. The lowest BCUT2D eigenvalue weighted by atomic mass is 9.85. The van der Waals surface area contributed by atoms with E-state index in [9.17, 15) is 39.8 Å². The van der Waals surface area contributed by atoms with Crippen molar-refractivity contribution in [2.45, 2.75) is 262 Å². The molecule has 0 aromatic heterocycles. The van der Waals surface area contributed by atoms with Gasteiger partial charge < -0.3 is 39.9 Å². The summed E-state index contributed by atoms with van der Waals surface area (Å²) in [5.41, 5.74) is 0. The van der Waals surface area contributed by atoms with Crippen molar-refractivity contribution in [2.75, 3.05) is 19.8 Å². The first-order chi connectivity index (χ1) is 32.0. The molecule has 1 rings (SSSR count). The molecule has 0 aromatic carbocycles. The Morgan fingerprint density at radius 2 is 0.894 bits per heavy atom. The zero-order valence-electron chi connectivity index (χ0n) is 41.5. The van der Waals surface area contributed by atoms with Crippen LogP contribution in [0, 0.1) is 0 Å². The van der Waals surface area contributed by atoms with Gasteiger partial charge in [0.05, 0.1) is 13.2 Å². The van der Waals surface area contributed by atoms with Gasteiger partial charge in [-0.1, -0.05) is 210 Å². The highest BCUT2D eigenvalue weighted by Crippen LogP contribution is 2.47. The highest BCUT2D eigenvalue weighted by Gasteiger charge is 2.51. The second-order valence-corrected chi connectivity index (χ2v) is 19.8. The Bertz CT molecular complexity index is 1270. The zero-order chi connectivity index (χ0) is 48.4. The first-order valence-corrected chi connectivity index (χ1v) is 28.0. The Morgan fingerprint density at radius 1 is 0.500 bits per heavy atom. The molecule has 0 saturated heterocycles. The minimum absolute atomic E-state index is 0.0828. The second-order valence-electron chi connectivity index (χ2n) is 18.4. The van der Waals surface area contributed by atoms with Gasteiger partial charge in [0.15, 0.2) is 0 Å². The average Bonchev–Trinajstić information content (AvgIpc) is 3.30. The Morgan fingerprint density at radius 3 is 1.36 bits per heavy atom. The highest BCUT2D eigenvalue weighted by molar-refractivity contribution is 7.47. The summed E-state index contributed by atoms with van der Waals surface area (Å²) >= 11 is 0. The fourth-order valence-corrected chi connectivity index (χ4v) is 9.03. The van der Waals surface area contributed by atoms with Crippen LogP contribution in [0.25, 0.3) is 0 Å². The van der Waals surface area contributed by atoms with Crippen LogP contribution < -0.4 is 0 Å². The summed E-state index contributed by atoms with van der Waals surface area (Å²) in [7, 11) is -5.03. The van der Waals surface area contributed by atoms with Gasteiger partial charge in [0.2, 0.25) is 0 Å². The number of aliphatic hydroxyl groups is 5. The lowest BCUT2D eigenvalue weighted by Crippen LogP contribution is -2.64. The van der Waals surface area contributed by atoms with E-state index in [0.29, 0.717) is 13.0 Å². The number of carbonyl (C=O) groups excluding carboxylic acids is 1. The van der Waals surface area contributed by atoms with Crippen LogP contribution in [0.4, 0.5) is 0 Å². The van der Waals surface area contributed by atoms with Gasteiger partial charge in [0, 0.05) is 13.0 Å². The maximum Gasteiger partial charge on any atom is 0.472 e. The maximum absolute atomic E-state index is 12.9. The van der Waals surface area contributed by atoms with Crippen LogP contribution in [-0.4, -0.2) is 98.9 Å². The summed E-state index contributed by atoms with van der Waals surface area (Å²) in [5, 5.41) is 50.3. The maximum atomic E-state index is 12.9. The third-order valence-electron chi connectivity index (χ3n) is 12.2. The lowest BCUT2D eigenvalue weighted by Gasteiger charge is -2.41. The van der Waals surface area contributed by atoms with Crippen molar-refractivity contribution in [2.24, 2.45) is 0 Å². The largest absolute Gasteiger partial charge is 0.472 e. The molecule has 1 fully saturated rings. The number of esters is 1. The van der Waals surface area contributed by atoms with Gasteiger partial charge in [-0.2, -0.15) is 0 Å². The lowest BCUT2D eigenvalue weighted by molar-refractivity contribution is -0.220. The van der Waals surface area contributed by atoms with Crippen molar-refractivity contribution in [1.82, 2.24) is 0 Å². The van der Waals surface area contributed by atoms with Crippen LogP contribution in [-0.2, 0) is 27.9 Å². The summed E-state index contributed by atoms with van der Waals surface area (Å²) in [6, 6.07) is 0. The average molecular weight is 957 g/mol. The van der Waals surface area contributed by atoms with Gasteiger partial charge in [-0.15, -0.1) is 0 Å². The van der Waals surface area contributed by atoms with Crippen molar-refractivity contribution in [3.63, 3.8) is 0 Å². The number of hydrogen-bond donors (Lipinski definition) is 6. The van der Waals surface area contributed by atoms with Crippen molar-refractivity contribution in [3.05, 3.63) is 48.6 Å². The smallest absolute Gasteiger partial charge is 0.457 e. The standard InChI is InChI=1S/C53H97O12P/c1-3-5-7-9-11-13-15-17-19-21-23-25-27-29-31-33-35-37-39-41-43-62-44-46(45-63-66(60,61)65-53-51(58)49(56)48(55)50(57)52(53)59)64-47(54)42-40-38-36-34-32-30-28-26-24-22-20-18-16-14-12-10-8-6-4-2/h5,7,11,13,17,19,23,25,46,48-53,55-59H,3-4,6,8-10,12,14-16,18,20-22,24,26-45H2,1-2H3,(H,60,61)/b7-5-,13-11-,19-17-,25-23-. The highest BCUT2D eigenvalue weighted by atomic mass is 31.2. The molecule has 1 aliphatic rings. The zero-order valence-corrected chi connectivity index (χ0v) is 42.4. The SMILES string of the molecule is CC/C=C\C/C=C\C/C=C\C/C=C\CCCCCCCCCOCC(COP(=O)(O)OC1C(O)C(O)C(O)C(O)C1O)OC(=O)CCCCCCCCCCCCCCCCCCCCC. The van der Waals surface area contributed by atoms with Gasteiger partial charge in [0.1, 0.15) is 42.7 Å². The van der Waals surface area contributed by atoms with E-state index in [0.717, 1.165) is 77.0 Å². The molecule has 1 saturated carbocycles. The number of ether oxygens (including phenoxy) is 2. The van der Waals surface area contributed by atoms with E-state index in [1.54, 1.807) is 0 Å². The molecule has 0 aliphatic heterocycles. The quantitative estimate of drug-likeness (QED) is 0.0147. The van der Waals surface area contributed by atoms with E-state index in [-0.39, 0.29) is 13.0 Å². The molecular weight excluding hydrogens is 860 g/mol. The Labute approximate surface area is 401 Å². The molecule has 0 amide bonds. The fourth-order valence-electron chi connectivity index (χ4n) is 8.05. The van der Waals surface area contributed by atoms with Gasteiger partial charge in [0.25, 0.3) is 0 Å². The molecule has 66 heavy (non-hydrogen) atoms.